The van der Waals surface area contributed by atoms with Crippen molar-refractivity contribution in [3.8, 4) is 11.1 Å². The van der Waals surface area contributed by atoms with E-state index in [1.54, 1.807) is 0 Å². The van der Waals surface area contributed by atoms with Gasteiger partial charge in [-0.15, -0.1) is 10.2 Å². The van der Waals surface area contributed by atoms with Gasteiger partial charge >= 0.3 is 0 Å². The summed E-state index contributed by atoms with van der Waals surface area (Å²) in [6, 6.07) is 4.23. The minimum Gasteiger partial charge on any atom is -0.351 e. The maximum absolute atomic E-state index is 11.7. The summed E-state index contributed by atoms with van der Waals surface area (Å²) in [5, 5.41) is 15.7. The largest absolute Gasteiger partial charge is 0.351 e. The Morgan fingerprint density at radius 1 is 1.33 bits per heavy atom. The van der Waals surface area contributed by atoms with Crippen LogP contribution >= 0.6 is 0 Å². The number of carbonyl (C=O) groups is 1. The summed E-state index contributed by atoms with van der Waals surface area (Å²) in [4.78, 5) is 24.1. The molecule has 0 unspecified atom stereocenters. The van der Waals surface area contributed by atoms with Crippen molar-refractivity contribution in [2.24, 2.45) is 0 Å². The van der Waals surface area contributed by atoms with Gasteiger partial charge in [0.15, 0.2) is 5.65 Å². The summed E-state index contributed by atoms with van der Waals surface area (Å²) < 4.78 is 1.97. The molecule has 1 aliphatic carbocycles. The number of anilines is 1. The van der Waals surface area contributed by atoms with Gasteiger partial charge in [-0.3, -0.25) is 9.20 Å². The Hall–Kier alpha value is -3.49. The van der Waals surface area contributed by atoms with Crippen molar-refractivity contribution in [3.05, 3.63) is 36.5 Å². The molecular weight excluding hydrogens is 380 g/mol. The molecule has 0 aromatic carbocycles. The van der Waals surface area contributed by atoms with Crippen molar-refractivity contribution in [2.45, 2.75) is 51.6 Å². The number of amides is 1. The van der Waals surface area contributed by atoms with Gasteiger partial charge in [0.1, 0.15) is 11.5 Å². The first kappa shape index (κ1) is 18.5. The number of carbonyl (C=O) groups excluding carboxylic acids is 1. The molecule has 4 aromatic rings. The van der Waals surface area contributed by atoms with E-state index in [0.29, 0.717) is 12.4 Å². The quantitative estimate of drug-likeness (QED) is 0.471. The second-order valence-electron chi connectivity index (χ2n) is 8.26. The summed E-state index contributed by atoms with van der Waals surface area (Å²) in [7, 11) is 0. The zero-order valence-corrected chi connectivity index (χ0v) is 17.2. The third kappa shape index (κ3) is 3.16. The molecule has 4 heterocycles. The lowest BCUT2D eigenvalue weighted by Crippen LogP contribution is -2.59. The molecule has 9 heteroatoms. The van der Waals surface area contributed by atoms with E-state index >= 15 is 0 Å². The molecule has 0 aliphatic heterocycles. The van der Waals surface area contributed by atoms with Gasteiger partial charge in [-0.05, 0) is 38.8 Å². The molecule has 5 rings (SSSR count). The Bertz CT molecular complexity index is 1250. The Morgan fingerprint density at radius 3 is 2.97 bits per heavy atom. The van der Waals surface area contributed by atoms with Gasteiger partial charge in [-0.25, -0.2) is 4.98 Å². The highest BCUT2D eigenvalue weighted by Crippen LogP contribution is 2.34. The van der Waals surface area contributed by atoms with Gasteiger partial charge in [-0.1, -0.05) is 6.92 Å². The fourth-order valence-corrected chi connectivity index (χ4v) is 4.22. The van der Waals surface area contributed by atoms with E-state index in [1.165, 1.54) is 0 Å². The summed E-state index contributed by atoms with van der Waals surface area (Å²) in [5.41, 5.74) is 3.53. The van der Waals surface area contributed by atoms with Gasteiger partial charge in [0.05, 0.1) is 0 Å². The Balaban J connectivity index is 1.34. The number of aromatic amines is 1. The second kappa shape index (κ2) is 6.79. The minimum atomic E-state index is -0.145. The van der Waals surface area contributed by atoms with Crippen LogP contribution in [0.4, 0.5) is 5.95 Å². The predicted octanol–water partition coefficient (Wildman–Crippen LogP) is 2.84. The summed E-state index contributed by atoms with van der Waals surface area (Å²) in [5.74, 6) is 1.53. The van der Waals surface area contributed by atoms with Crippen LogP contribution in [0.5, 0.6) is 0 Å². The molecule has 0 atom stereocenters. The molecule has 0 radical (unpaired) electrons. The third-order valence-electron chi connectivity index (χ3n) is 5.81. The highest BCUT2D eigenvalue weighted by Gasteiger charge is 2.41. The molecule has 3 N–H and O–H groups in total. The van der Waals surface area contributed by atoms with Crippen molar-refractivity contribution in [3.63, 3.8) is 0 Å². The number of rotatable bonds is 5. The number of nitrogens with zero attached hydrogens (tertiary/aromatic N) is 5. The van der Waals surface area contributed by atoms with Crippen LogP contribution in [0.25, 0.3) is 27.8 Å². The summed E-state index contributed by atoms with van der Waals surface area (Å²) in [6.07, 6.45) is 8.04. The Morgan fingerprint density at radius 2 is 2.17 bits per heavy atom. The van der Waals surface area contributed by atoms with Crippen LogP contribution in [0.3, 0.4) is 0 Å². The van der Waals surface area contributed by atoms with E-state index in [9.17, 15) is 4.79 Å². The second-order valence-corrected chi connectivity index (χ2v) is 8.26. The minimum absolute atomic E-state index is 0.0902. The van der Waals surface area contributed by atoms with Crippen LogP contribution in [0, 0.1) is 6.92 Å². The van der Waals surface area contributed by atoms with Crippen molar-refractivity contribution in [2.75, 3.05) is 5.32 Å². The average Bonchev–Trinajstić information content (AvgIpc) is 3.29. The van der Waals surface area contributed by atoms with Gasteiger partial charge in [0, 0.05) is 53.1 Å². The van der Waals surface area contributed by atoms with Gasteiger partial charge in [0.2, 0.25) is 11.9 Å². The van der Waals surface area contributed by atoms with Gasteiger partial charge in [0.25, 0.3) is 0 Å². The topological polar surface area (TPSA) is 113 Å². The zero-order chi connectivity index (χ0) is 20.9. The molecule has 30 heavy (non-hydrogen) atoms. The monoisotopic (exact) mass is 404 g/mol. The molecule has 1 saturated carbocycles. The summed E-state index contributed by atoms with van der Waals surface area (Å²) >= 11 is 0. The van der Waals surface area contributed by atoms with Crippen molar-refractivity contribution in [1.82, 2.24) is 34.9 Å². The first-order valence-corrected chi connectivity index (χ1v) is 10.2. The maximum Gasteiger partial charge on any atom is 0.224 e. The van der Waals surface area contributed by atoms with Crippen molar-refractivity contribution in [1.29, 1.82) is 0 Å². The van der Waals surface area contributed by atoms with Crippen molar-refractivity contribution < 1.29 is 4.79 Å². The number of H-pyrrole nitrogens is 1. The van der Waals surface area contributed by atoms with Crippen LogP contribution in [0.15, 0.2) is 30.7 Å². The molecule has 4 aromatic heterocycles. The van der Waals surface area contributed by atoms with Crippen LogP contribution in [-0.4, -0.2) is 47.0 Å². The molecule has 0 bridgehead atoms. The Labute approximate surface area is 173 Å². The molecule has 1 fully saturated rings. The molecule has 1 amide bonds. The van der Waals surface area contributed by atoms with E-state index in [-0.39, 0.29) is 17.5 Å². The molecule has 0 saturated heterocycles. The highest BCUT2D eigenvalue weighted by molar-refractivity contribution is 5.93. The molecule has 1 aliphatic rings. The number of pyridine rings is 1. The number of aryl methyl sites for hydroxylation is 1. The lowest BCUT2D eigenvalue weighted by molar-refractivity contribution is -0.123. The number of hydrogen-bond acceptors (Lipinski definition) is 6. The van der Waals surface area contributed by atoms with Crippen LogP contribution < -0.4 is 10.6 Å². The van der Waals surface area contributed by atoms with E-state index in [0.717, 1.165) is 46.5 Å². The first-order valence-electron chi connectivity index (χ1n) is 10.2. The highest BCUT2D eigenvalue weighted by atomic mass is 16.1. The van der Waals surface area contributed by atoms with Gasteiger partial charge < -0.3 is 15.6 Å². The van der Waals surface area contributed by atoms with E-state index < -0.39 is 0 Å². The molecular formula is C21H24N8O. The van der Waals surface area contributed by atoms with Crippen molar-refractivity contribution >= 4 is 28.5 Å². The third-order valence-corrected chi connectivity index (χ3v) is 5.81. The Kier molecular flexibility index (Phi) is 4.19. The van der Waals surface area contributed by atoms with Crippen LogP contribution in [0.1, 0.15) is 38.9 Å². The van der Waals surface area contributed by atoms with E-state index in [4.69, 9.17) is 0 Å². The standard InChI is InChI=1S/C21H24N8O/c1-4-18(30)26-21(3)7-14(8-21)24-20-23-10-16-15(9-22-19(16)25-20)13-5-6-17-28-27-12(2)29(17)11-13/h5-6,9-11,14H,4,7-8H2,1-3H3,(H,26,30)(H2,22,23,24,25)/t14-,21+. The average molecular weight is 404 g/mol. The lowest BCUT2D eigenvalue weighted by Gasteiger charge is -2.45. The maximum atomic E-state index is 11.7. The predicted molar refractivity (Wildman–Crippen MR) is 114 cm³/mol. The molecule has 0 spiro atoms. The summed E-state index contributed by atoms with van der Waals surface area (Å²) in [6.45, 7) is 5.87. The van der Waals surface area contributed by atoms with Crippen LogP contribution in [0.2, 0.25) is 0 Å². The lowest BCUT2D eigenvalue weighted by atomic mass is 9.74. The van der Waals surface area contributed by atoms with Crippen LogP contribution in [-0.2, 0) is 4.79 Å². The fraction of sp³-hybridized carbons (Fsp3) is 0.381. The number of aromatic nitrogens is 6. The fourth-order valence-electron chi connectivity index (χ4n) is 4.22. The molecule has 154 valence electrons. The smallest absolute Gasteiger partial charge is 0.224 e. The number of fused-ring (bicyclic) bond motifs is 2. The normalized spacial score (nSPS) is 21.0. The zero-order valence-electron chi connectivity index (χ0n) is 17.2. The number of nitrogens with one attached hydrogen (secondary N) is 3. The van der Waals surface area contributed by atoms with E-state index in [2.05, 4.69) is 42.7 Å². The van der Waals surface area contributed by atoms with Gasteiger partial charge in [-0.2, -0.15) is 4.98 Å². The van der Waals surface area contributed by atoms with E-state index in [1.807, 2.05) is 49.0 Å². The first-order chi connectivity index (χ1) is 14.4. The SMILES string of the molecule is CCC(=O)N[C@]1(C)C[C@H](Nc2ncc3c(-c4ccc5nnc(C)n5c4)c[nH]c3n2)C1. The molecule has 9 nitrogen and oxygen atoms in total. The number of hydrogen-bond donors (Lipinski definition) is 3.